The molecule has 0 heterocycles. The van der Waals surface area contributed by atoms with Gasteiger partial charge in [-0.2, -0.15) is 0 Å². The lowest BCUT2D eigenvalue weighted by Crippen LogP contribution is -2.05. The zero-order valence-corrected chi connectivity index (χ0v) is 6.13. The molecule has 3 heteroatoms. The topological polar surface area (TPSA) is 35.5 Å². The largest absolute Gasteiger partial charge is 0.469 e. The standard InChI is InChI=1S/C7H12O3/c1-3-5-10-6-4-7(8)9-2/h3H,1,4-6H2,2H3. The molecule has 0 aliphatic rings. The summed E-state index contributed by atoms with van der Waals surface area (Å²) < 4.78 is 9.32. The van der Waals surface area contributed by atoms with Crippen molar-refractivity contribution in [2.45, 2.75) is 6.42 Å². The summed E-state index contributed by atoms with van der Waals surface area (Å²) in [5, 5.41) is 0. The third kappa shape index (κ3) is 5.31. The Bertz CT molecular complexity index is 109. The quantitative estimate of drug-likeness (QED) is 0.324. The minimum Gasteiger partial charge on any atom is -0.469 e. The van der Waals surface area contributed by atoms with Crippen LogP contribution in [0.1, 0.15) is 6.42 Å². The number of hydrogen-bond donors (Lipinski definition) is 0. The lowest BCUT2D eigenvalue weighted by atomic mass is 10.5. The van der Waals surface area contributed by atoms with E-state index < -0.39 is 0 Å². The summed E-state index contributed by atoms with van der Waals surface area (Å²) in [5.41, 5.74) is 0. The number of carbonyl (C=O) groups excluding carboxylic acids is 1. The van der Waals surface area contributed by atoms with Gasteiger partial charge in [-0.25, -0.2) is 0 Å². The summed E-state index contributed by atoms with van der Waals surface area (Å²) in [7, 11) is 1.36. The summed E-state index contributed by atoms with van der Waals surface area (Å²) in [5.74, 6) is -0.246. The third-order valence-corrected chi connectivity index (χ3v) is 0.914. The van der Waals surface area contributed by atoms with E-state index in [4.69, 9.17) is 4.74 Å². The Morgan fingerprint density at radius 1 is 1.70 bits per heavy atom. The maximum Gasteiger partial charge on any atom is 0.307 e. The van der Waals surface area contributed by atoms with Gasteiger partial charge in [0.15, 0.2) is 0 Å². The molecule has 0 spiro atoms. The number of rotatable bonds is 5. The molecule has 0 aromatic rings. The third-order valence-electron chi connectivity index (χ3n) is 0.914. The summed E-state index contributed by atoms with van der Waals surface area (Å²) in [6, 6.07) is 0. The van der Waals surface area contributed by atoms with Crippen molar-refractivity contribution in [3.63, 3.8) is 0 Å². The fraction of sp³-hybridized carbons (Fsp3) is 0.571. The molecule has 58 valence electrons. The van der Waals surface area contributed by atoms with Crippen molar-refractivity contribution in [2.24, 2.45) is 0 Å². The highest BCUT2D eigenvalue weighted by molar-refractivity contribution is 5.69. The van der Waals surface area contributed by atoms with E-state index in [1.165, 1.54) is 7.11 Å². The maximum absolute atomic E-state index is 10.4. The minimum atomic E-state index is -0.246. The van der Waals surface area contributed by atoms with Gasteiger partial charge < -0.3 is 9.47 Å². The highest BCUT2D eigenvalue weighted by Gasteiger charge is 1.97. The van der Waals surface area contributed by atoms with Crippen LogP contribution in [0.5, 0.6) is 0 Å². The monoisotopic (exact) mass is 144 g/mol. The van der Waals surface area contributed by atoms with Gasteiger partial charge in [-0.15, -0.1) is 6.58 Å². The molecule has 0 amide bonds. The zero-order valence-electron chi connectivity index (χ0n) is 6.13. The molecule has 0 saturated carbocycles. The fourth-order valence-corrected chi connectivity index (χ4v) is 0.424. The number of carbonyl (C=O) groups is 1. The first-order valence-electron chi connectivity index (χ1n) is 3.06. The zero-order chi connectivity index (χ0) is 7.82. The Balaban J connectivity index is 3.03. The molecule has 0 unspecified atom stereocenters. The van der Waals surface area contributed by atoms with Gasteiger partial charge in [0.05, 0.1) is 26.7 Å². The van der Waals surface area contributed by atoms with Gasteiger partial charge in [0.1, 0.15) is 0 Å². The van der Waals surface area contributed by atoms with Crippen LogP contribution in [0.25, 0.3) is 0 Å². The number of esters is 1. The highest BCUT2D eigenvalue weighted by atomic mass is 16.5. The molecule has 0 bridgehead atoms. The second-order valence-corrected chi connectivity index (χ2v) is 1.69. The maximum atomic E-state index is 10.4. The number of ether oxygens (including phenoxy) is 2. The van der Waals surface area contributed by atoms with Crippen molar-refractivity contribution < 1.29 is 14.3 Å². The molecule has 0 N–H and O–H groups in total. The second kappa shape index (κ2) is 6.29. The first-order valence-corrected chi connectivity index (χ1v) is 3.06. The average Bonchev–Trinajstić information content (AvgIpc) is 1.98. The van der Waals surface area contributed by atoms with Crippen molar-refractivity contribution in [3.05, 3.63) is 12.7 Å². The molecule has 0 aliphatic carbocycles. The molecular formula is C7H12O3. The van der Waals surface area contributed by atoms with Gasteiger partial charge in [0, 0.05) is 0 Å². The predicted octanol–water partition coefficient (Wildman–Crippen LogP) is 0.752. The molecule has 0 rings (SSSR count). The van der Waals surface area contributed by atoms with Crippen LogP contribution in [-0.2, 0) is 14.3 Å². The molecular weight excluding hydrogens is 132 g/mol. The molecule has 0 radical (unpaired) electrons. The summed E-state index contributed by atoms with van der Waals surface area (Å²) >= 11 is 0. The van der Waals surface area contributed by atoms with Crippen LogP contribution in [0, 0.1) is 0 Å². The van der Waals surface area contributed by atoms with E-state index in [1.807, 2.05) is 0 Å². The second-order valence-electron chi connectivity index (χ2n) is 1.69. The minimum absolute atomic E-state index is 0.246. The van der Waals surface area contributed by atoms with E-state index >= 15 is 0 Å². The van der Waals surface area contributed by atoms with Crippen molar-refractivity contribution in [1.82, 2.24) is 0 Å². The van der Waals surface area contributed by atoms with Crippen LogP contribution in [0.4, 0.5) is 0 Å². The molecule has 0 aromatic carbocycles. The molecule has 0 atom stereocenters. The Hall–Kier alpha value is -0.830. The van der Waals surface area contributed by atoms with Gasteiger partial charge in [-0.05, 0) is 0 Å². The van der Waals surface area contributed by atoms with E-state index in [0.717, 1.165) is 0 Å². The van der Waals surface area contributed by atoms with E-state index in [2.05, 4.69) is 11.3 Å². The number of methoxy groups -OCH3 is 1. The van der Waals surface area contributed by atoms with E-state index in [-0.39, 0.29) is 5.97 Å². The Labute approximate surface area is 60.6 Å². The predicted molar refractivity (Wildman–Crippen MR) is 37.6 cm³/mol. The van der Waals surface area contributed by atoms with Crippen molar-refractivity contribution in [3.8, 4) is 0 Å². The van der Waals surface area contributed by atoms with Gasteiger partial charge in [-0.3, -0.25) is 4.79 Å². The molecule has 0 fully saturated rings. The Morgan fingerprint density at radius 2 is 2.40 bits per heavy atom. The summed E-state index contributed by atoms with van der Waals surface area (Å²) in [6.45, 7) is 4.34. The van der Waals surface area contributed by atoms with Crippen molar-refractivity contribution >= 4 is 5.97 Å². The molecule has 0 aromatic heterocycles. The van der Waals surface area contributed by atoms with Crippen LogP contribution < -0.4 is 0 Å². The van der Waals surface area contributed by atoms with Crippen LogP contribution >= 0.6 is 0 Å². The Kier molecular flexibility index (Phi) is 5.77. The first-order chi connectivity index (χ1) is 4.81. The lowest BCUT2D eigenvalue weighted by molar-refractivity contribution is -0.141. The number of hydrogen-bond acceptors (Lipinski definition) is 3. The molecule has 3 nitrogen and oxygen atoms in total. The van der Waals surface area contributed by atoms with Crippen molar-refractivity contribution in [1.29, 1.82) is 0 Å². The molecule has 0 aliphatic heterocycles. The van der Waals surface area contributed by atoms with Crippen LogP contribution in [0.2, 0.25) is 0 Å². The van der Waals surface area contributed by atoms with E-state index in [9.17, 15) is 4.79 Å². The summed E-state index contributed by atoms with van der Waals surface area (Å²) in [4.78, 5) is 10.4. The van der Waals surface area contributed by atoms with Gasteiger partial charge in [0.25, 0.3) is 0 Å². The smallest absolute Gasteiger partial charge is 0.307 e. The first kappa shape index (κ1) is 9.17. The van der Waals surface area contributed by atoms with Gasteiger partial charge >= 0.3 is 5.97 Å². The SMILES string of the molecule is C=CCOCCC(=O)OC. The van der Waals surface area contributed by atoms with E-state index in [0.29, 0.717) is 19.6 Å². The average molecular weight is 144 g/mol. The molecule has 10 heavy (non-hydrogen) atoms. The van der Waals surface area contributed by atoms with E-state index in [1.54, 1.807) is 6.08 Å². The highest BCUT2D eigenvalue weighted by Crippen LogP contribution is 1.85. The van der Waals surface area contributed by atoms with Crippen molar-refractivity contribution in [2.75, 3.05) is 20.3 Å². The van der Waals surface area contributed by atoms with Crippen LogP contribution in [-0.4, -0.2) is 26.3 Å². The van der Waals surface area contributed by atoms with Gasteiger partial charge in [-0.1, -0.05) is 6.08 Å². The normalized spacial score (nSPS) is 8.90. The van der Waals surface area contributed by atoms with Gasteiger partial charge in [0.2, 0.25) is 0 Å². The molecule has 0 saturated heterocycles. The van der Waals surface area contributed by atoms with Crippen LogP contribution in [0.3, 0.4) is 0 Å². The fourth-order valence-electron chi connectivity index (χ4n) is 0.424. The van der Waals surface area contributed by atoms with Crippen LogP contribution in [0.15, 0.2) is 12.7 Å². The summed E-state index contributed by atoms with van der Waals surface area (Å²) in [6.07, 6.45) is 1.95. The lowest BCUT2D eigenvalue weighted by Gasteiger charge is -1.98. The Morgan fingerprint density at radius 3 is 2.90 bits per heavy atom.